The van der Waals surface area contributed by atoms with Gasteiger partial charge in [0.1, 0.15) is 10.7 Å². The number of hydrogen-bond acceptors (Lipinski definition) is 3. The van der Waals surface area contributed by atoms with Crippen molar-refractivity contribution in [3.8, 4) is 0 Å². The van der Waals surface area contributed by atoms with Crippen molar-refractivity contribution in [2.45, 2.75) is 31.1 Å². The average Bonchev–Trinajstić information content (AvgIpc) is 2.69. The summed E-state index contributed by atoms with van der Waals surface area (Å²) in [5.41, 5.74) is 0.606. The summed E-state index contributed by atoms with van der Waals surface area (Å²) in [4.78, 5) is -0.0305. The first-order chi connectivity index (χ1) is 10.0. The van der Waals surface area contributed by atoms with Gasteiger partial charge >= 0.3 is 0 Å². The summed E-state index contributed by atoms with van der Waals surface area (Å²) in [6.07, 6.45) is 0. The highest BCUT2D eigenvalue weighted by Crippen LogP contribution is 2.28. The molecular formula is C14H17Cl2N3O2S. The lowest BCUT2D eigenvalue weighted by Gasteiger charge is -2.13. The van der Waals surface area contributed by atoms with E-state index in [0.717, 1.165) is 5.69 Å². The van der Waals surface area contributed by atoms with Gasteiger partial charge in [0.05, 0.1) is 10.7 Å². The van der Waals surface area contributed by atoms with E-state index in [1.54, 1.807) is 13.1 Å². The van der Waals surface area contributed by atoms with Crippen LogP contribution in [0.15, 0.2) is 29.2 Å². The smallest absolute Gasteiger partial charge is 0.264 e. The van der Waals surface area contributed by atoms with Crippen LogP contribution in [-0.2, 0) is 22.5 Å². The molecule has 0 spiro atoms. The molecule has 0 aliphatic heterocycles. The maximum absolute atomic E-state index is 12.5. The Morgan fingerprint density at radius 1 is 1.18 bits per heavy atom. The minimum Gasteiger partial charge on any atom is -0.264 e. The first kappa shape index (κ1) is 17.1. The number of nitrogens with one attached hydrogen (secondary N) is 1. The highest BCUT2D eigenvalue weighted by molar-refractivity contribution is 7.92. The lowest BCUT2D eigenvalue weighted by Crippen LogP contribution is -2.15. The highest BCUT2D eigenvalue weighted by Gasteiger charge is 2.23. The van der Waals surface area contributed by atoms with E-state index < -0.39 is 10.0 Å². The number of anilines is 1. The summed E-state index contributed by atoms with van der Waals surface area (Å²) in [5.74, 6) is 0.371. The minimum atomic E-state index is -3.82. The molecule has 0 aliphatic carbocycles. The second kappa shape index (κ2) is 5.76. The largest absolute Gasteiger partial charge is 0.264 e. The number of aromatic nitrogens is 2. The predicted molar refractivity (Wildman–Crippen MR) is 89.2 cm³/mol. The molecule has 2 aromatic rings. The van der Waals surface area contributed by atoms with Crippen molar-refractivity contribution in [1.82, 2.24) is 9.78 Å². The standard InChI is InChI=1S/C14H17Cl2N3O2S/c1-14(2,3)12-8-13(19(4)17-12)18-22(20,21)11-6-5-9(15)7-10(11)16/h5-8,18H,1-4H3. The van der Waals surface area contributed by atoms with Crippen molar-refractivity contribution in [3.05, 3.63) is 40.0 Å². The third kappa shape index (κ3) is 3.56. The van der Waals surface area contributed by atoms with Crippen LogP contribution in [0.3, 0.4) is 0 Å². The van der Waals surface area contributed by atoms with Crippen LogP contribution < -0.4 is 4.72 Å². The Morgan fingerprint density at radius 3 is 2.32 bits per heavy atom. The van der Waals surface area contributed by atoms with Crippen LogP contribution in [0, 0.1) is 0 Å². The molecule has 1 aromatic carbocycles. The highest BCUT2D eigenvalue weighted by atomic mass is 35.5. The van der Waals surface area contributed by atoms with E-state index >= 15 is 0 Å². The average molecular weight is 362 g/mol. The molecule has 0 unspecified atom stereocenters. The molecule has 120 valence electrons. The molecule has 8 heteroatoms. The lowest BCUT2D eigenvalue weighted by molar-refractivity contribution is 0.553. The van der Waals surface area contributed by atoms with Crippen LogP contribution in [0.5, 0.6) is 0 Å². The van der Waals surface area contributed by atoms with E-state index in [1.807, 2.05) is 20.8 Å². The zero-order valence-corrected chi connectivity index (χ0v) is 15.0. The van der Waals surface area contributed by atoms with Crippen molar-refractivity contribution < 1.29 is 8.42 Å². The molecule has 0 aliphatic rings. The summed E-state index contributed by atoms with van der Waals surface area (Å²) in [7, 11) is -2.14. The molecule has 22 heavy (non-hydrogen) atoms. The van der Waals surface area contributed by atoms with E-state index in [2.05, 4.69) is 9.82 Å². The number of hydrogen-bond donors (Lipinski definition) is 1. The van der Waals surface area contributed by atoms with Crippen molar-refractivity contribution in [3.63, 3.8) is 0 Å². The summed E-state index contributed by atoms with van der Waals surface area (Å²) in [6, 6.07) is 5.95. The third-order valence-corrected chi connectivity index (χ3v) is 5.14. The molecule has 1 heterocycles. The molecule has 0 fully saturated rings. The Bertz CT molecular complexity index is 808. The van der Waals surface area contributed by atoms with Gasteiger partial charge in [-0.1, -0.05) is 44.0 Å². The van der Waals surface area contributed by atoms with Crippen molar-refractivity contribution in [2.75, 3.05) is 4.72 Å². The van der Waals surface area contributed by atoms with Crippen LogP contribution in [0.25, 0.3) is 0 Å². The van der Waals surface area contributed by atoms with E-state index in [4.69, 9.17) is 23.2 Å². The second-order valence-electron chi connectivity index (χ2n) is 5.97. The van der Waals surface area contributed by atoms with Crippen molar-refractivity contribution in [1.29, 1.82) is 0 Å². The van der Waals surface area contributed by atoms with Gasteiger partial charge in [-0.2, -0.15) is 5.10 Å². The Morgan fingerprint density at radius 2 is 1.82 bits per heavy atom. The minimum absolute atomic E-state index is 0.0305. The molecule has 0 atom stereocenters. The fourth-order valence-electron chi connectivity index (χ4n) is 1.82. The molecule has 5 nitrogen and oxygen atoms in total. The molecule has 2 rings (SSSR count). The first-order valence-electron chi connectivity index (χ1n) is 6.53. The predicted octanol–water partition coefficient (Wildman–Crippen LogP) is 3.83. The van der Waals surface area contributed by atoms with Crippen molar-refractivity contribution in [2.24, 2.45) is 7.05 Å². The number of sulfonamides is 1. The number of halogens is 2. The molecular weight excluding hydrogens is 345 g/mol. The molecule has 0 saturated carbocycles. The molecule has 0 amide bonds. The fourth-order valence-corrected chi connectivity index (χ4v) is 3.67. The number of nitrogens with zero attached hydrogens (tertiary/aromatic N) is 2. The monoisotopic (exact) mass is 361 g/mol. The Balaban J connectivity index is 2.39. The lowest BCUT2D eigenvalue weighted by atomic mass is 9.92. The Hall–Kier alpha value is -1.24. The summed E-state index contributed by atoms with van der Waals surface area (Å²) in [5, 5.41) is 4.77. The summed E-state index contributed by atoms with van der Waals surface area (Å²) < 4.78 is 28.9. The van der Waals surface area contributed by atoms with Crippen LogP contribution >= 0.6 is 23.2 Å². The van der Waals surface area contributed by atoms with Gasteiger partial charge in [-0.05, 0) is 18.2 Å². The van der Waals surface area contributed by atoms with Crippen LogP contribution in [0.2, 0.25) is 10.0 Å². The van der Waals surface area contributed by atoms with Gasteiger partial charge in [-0.3, -0.25) is 9.40 Å². The quantitative estimate of drug-likeness (QED) is 0.903. The zero-order valence-electron chi connectivity index (χ0n) is 12.7. The normalized spacial score (nSPS) is 12.5. The van der Waals surface area contributed by atoms with Gasteiger partial charge in [0.2, 0.25) is 0 Å². The Kier molecular flexibility index (Phi) is 4.48. The molecule has 0 saturated heterocycles. The molecule has 1 N–H and O–H groups in total. The van der Waals surface area contributed by atoms with Gasteiger partial charge in [0.25, 0.3) is 10.0 Å². The first-order valence-corrected chi connectivity index (χ1v) is 8.77. The van der Waals surface area contributed by atoms with E-state index in [0.29, 0.717) is 10.8 Å². The maximum Gasteiger partial charge on any atom is 0.264 e. The fraction of sp³-hybridized carbons (Fsp3) is 0.357. The topological polar surface area (TPSA) is 64.0 Å². The van der Waals surface area contributed by atoms with E-state index in [1.165, 1.54) is 22.9 Å². The van der Waals surface area contributed by atoms with E-state index in [9.17, 15) is 8.42 Å². The number of rotatable bonds is 3. The van der Waals surface area contributed by atoms with Gasteiger partial charge in [-0.25, -0.2) is 8.42 Å². The number of benzene rings is 1. The molecule has 0 bridgehead atoms. The maximum atomic E-state index is 12.5. The van der Waals surface area contributed by atoms with Crippen LogP contribution in [-0.4, -0.2) is 18.2 Å². The SMILES string of the molecule is Cn1nc(C(C)(C)C)cc1NS(=O)(=O)c1ccc(Cl)cc1Cl. The van der Waals surface area contributed by atoms with Gasteiger partial charge in [0, 0.05) is 23.6 Å². The van der Waals surface area contributed by atoms with Gasteiger partial charge < -0.3 is 0 Å². The van der Waals surface area contributed by atoms with Crippen molar-refractivity contribution >= 4 is 39.0 Å². The number of aryl methyl sites for hydroxylation is 1. The summed E-state index contributed by atoms with van der Waals surface area (Å²) >= 11 is 11.8. The third-order valence-electron chi connectivity index (χ3n) is 3.07. The van der Waals surface area contributed by atoms with E-state index in [-0.39, 0.29) is 15.3 Å². The van der Waals surface area contributed by atoms with Crippen LogP contribution in [0.4, 0.5) is 5.82 Å². The molecule has 0 radical (unpaired) electrons. The van der Waals surface area contributed by atoms with Gasteiger partial charge in [-0.15, -0.1) is 0 Å². The summed E-state index contributed by atoms with van der Waals surface area (Å²) in [6.45, 7) is 6.01. The zero-order chi connectivity index (χ0) is 16.7. The van der Waals surface area contributed by atoms with Gasteiger partial charge in [0.15, 0.2) is 0 Å². The second-order valence-corrected chi connectivity index (χ2v) is 8.46. The Labute approximate surface area is 140 Å². The molecule has 1 aromatic heterocycles. The van der Waals surface area contributed by atoms with Crippen LogP contribution in [0.1, 0.15) is 26.5 Å².